The van der Waals surface area contributed by atoms with Gasteiger partial charge in [0, 0.05) is 15.7 Å². The highest BCUT2D eigenvalue weighted by Crippen LogP contribution is 2.29. The van der Waals surface area contributed by atoms with Gasteiger partial charge in [0.05, 0.1) is 5.56 Å². The third kappa shape index (κ3) is 3.78. The summed E-state index contributed by atoms with van der Waals surface area (Å²) in [5, 5.41) is 9.65. The molecule has 1 N–H and O–H groups in total. The van der Waals surface area contributed by atoms with Crippen LogP contribution in [0.1, 0.15) is 27.0 Å². The molecule has 0 spiro atoms. The van der Waals surface area contributed by atoms with E-state index in [2.05, 4.69) is 32.0 Å². The van der Waals surface area contributed by atoms with Crippen LogP contribution < -0.4 is 0 Å². The van der Waals surface area contributed by atoms with E-state index in [1.807, 2.05) is 0 Å². The quantitative estimate of drug-likeness (QED) is 0.812. The maximum Gasteiger partial charge on any atom is 0.336 e. The molecular formula is C16H15ClO2S. The van der Waals surface area contributed by atoms with Gasteiger partial charge in [-0.3, -0.25) is 0 Å². The van der Waals surface area contributed by atoms with Crippen LogP contribution in [0.15, 0.2) is 41.3 Å². The number of benzene rings is 2. The minimum Gasteiger partial charge on any atom is -0.478 e. The Morgan fingerprint density at radius 1 is 1.15 bits per heavy atom. The maximum absolute atomic E-state index is 11.2. The minimum absolute atomic E-state index is 0.256. The van der Waals surface area contributed by atoms with Crippen molar-refractivity contribution in [3.05, 3.63) is 63.7 Å². The molecule has 0 aliphatic rings. The summed E-state index contributed by atoms with van der Waals surface area (Å²) in [5.74, 6) is -0.208. The van der Waals surface area contributed by atoms with Crippen LogP contribution in [-0.2, 0) is 5.75 Å². The van der Waals surface area contributed by atoms with Crippen LogP contribution in [0.5, 0.6) is 0 Å². The van der Waals surface area contributed by atoms with E-state index in [1.165, 1.54) is 34.5 Å². The summed E-state index contributed by atoms with van der Waals surface area (Å²) in [4.78, 5) is 12.0. The fraction of sp³-hybridized carbons (Fsp3) is 0.188. The zero-order chi connectivity index (χ0) is 14.7. The first-order valence-corrected chi connectivity index (χ1v) is 7.55. The van der Waals surface area contributed by atoms with Gasteiger partial charge in [-0.15, -0.1) is 11.8 Å². The van der Waals surface area contributed by atoms with Crippen LogP contribution in [0.2, 0.25) is 5.02 Å². The Hall–Kier alpha value is -1.45. The van der Waals surface area contributed by atoms with Gasteiger partial charge in [0.2, 0.25) is 0 Å². The zero-order valence-corrected chi connectivity index (χ0v) is 12.9. The number of carboxylic acids is 1. The lowest BCUT2D eigenvalue weighted by Gasteiger charge is -2.08. The van der Waals surface area contributed by atoms with Crippen molar-refractivity contribution < 1.29 is 9.90 Å². The fourth-order valence-electron chi connectivity index (χ4n) is 2.11. The van der Waals surface area contributed by atoms with E-state index >= 15 is 0 Å². The Kier molecular flexibility index (Phi) is 4.73. The van der Waals surface area contributed by atoms with E-state index in [0.29, 0.717) is 5.02 Å². The number of thioether (sulfide) groups is 1. The Morgan fingerprint density at radius 3 is 2.40 bits per heavy atom. The summed E-state index contributed by atoms with van der Waals surface area (Å²) in [7, 11) is 0. The SMILES string of the molecule is Cc1cc(C)cc(CSc2ccc(Cl)cc2C(=O)O)c1. The van der Waals surface area contributed by atoms with Gasteiger partial charge in [-0.1, -0.05) is 40.9 Å². The monoisotopic (exact) mass is 306 g/mol. The van der Waals surface area contributed by atoms with Gasteiger partial charge in [0.1, 0.15) is 0 Å². The van der Waals surface area contributed by atoms with E-state index < -0.39 is 5.97 Å². The summed E-state index contributed by atoms with van der Waals surface area (Å²) >= 11 is 7.36. The largest absolute Gasteiger partial charge is 0.478 e. The van der Waals surface area contributed by atoms with E-state index in [4.69, 9.17) is 11.6 Å². The van der Waals surface area contributed by atoms with Crippen LogP contribution in [0.3, 0.4) is 0 Å². The molecular weight excluding hydrogens is 292 g/mol. The third-order valence-corrected chi connectivity index (χ3v) is 4.23. The average molecular weight is 307 g/mol. The van der Waals surface area contributed by atoms with Gasteiger partial charge in [-0.2, -0.15) is 0 Å². The molecule has 0 saturated heterocycles. The Balaban J connectivity index is 2.20. The summed E-state index contributed by atoms with van der Waals surface area (Å²) in [6.45, 7) is 4.12. The Labute approximate surface area is 127 Å². The molecule has 2 aromatic carbocycles. The summed E-state index contributed by atoms with van der Waals surface area (Å²) in [6.07, 6.45) is 0. The molecule has 0 unspecified atom stereocenters. The molecule has 0 bridgehead atoms. The van der Waals surface area contributed by atoms with Gasteiger partial charge in [-0.25, -0.2) is 4.79 Å². The summed E-state index contributed by atoms with van der Waals surface area (Å²) in [6, 6.07) is 11.3. The molecule has 20 heavy (non-hydrogen) atoms. The number of halogens is 1. The molecule has 0 heterocycles. The van der Waals surface area contributed by atoms with Gasteiger partial charge in [0.25, 0.3) is 0 Å². The number of aryl methyl sites for hydroxylation is 2. The molecule has 0 aliphatic heterocycles. The standard InChI is InChI=1S/C16H15ClO2S/c1-10-5-11(2)7-12(6-10)9-20-15-4-3-13(17)8-14(15)16(18)19/h3-8H,9H2,1-2H3,(H,18,19). The first kappa shape index (κ1) is 14.9. The molecule has 0 fully saturated rings. The first-order chi connectivity index (χ1) is 9.45. The lowest BCUT2D eigenvalue weighted by atomic mass is 10.1. The first-order valence-electron chi connectivity index (χ1n) is 6.18. The van der Waals surface area contributed by atoms with Crippen LogP contribution >= 0.6 is 23.4 Å². The molecule has 2 rings (SSSR count). The Bertz CT molecular complexity index is 633. The van der Waals surface area contributed by atoms with E-state index in [0.717, 1.165) is 10.6 Å². The van der Waals surface area contributed by atoms with Crippen LogP contribution in [-0.4, -0.2) is 11.1 Å². The van der Waals surface area contributed by atoms with E-state index in [-0.39, 0.29) is 5.56 Å². The second-order valence-corrected chi connectivity index (χ2v) is 6.18. The maximum atomic E-state index is 11.2. The average Bonchev–Trinajstić information content (AvgIpc) is 2.36. The summed E-state index contributed by atoms with van der Waals surface area (Å²) in [5.41, 5.74) is 3.89. The topological polar surface area (TPSA) is 37.3 Å². The minimum atomic E-state index is -0.949. The highest BCUT2D eigenvalue weighted by molar-refractivity contribution is 7.98. The number of carboxylic acid groups (broad SMARTS) is 1. The molecule has 104 valence electrons. The molecule has 0 aromatic heterocycles. The van der Waals surface area contributed by atoms with Crippen LogP contribution in [0, 0.1) is 13.8 Å². The fourth-order valence-corrected chi connectivity index (χ4v) is 3.24. The van der Waals surface area contributed by atoms with Crippen molar-refractivity contribution in [2.45, 2.75) is 24.5 Å². The number of rotatable bonds is 4. The molecule has 0 radical (unpaired) electrons. The second kappa shape index (κ2) is 6.33. The van der Waals surface area contributed by atoms with Crippen molar-refractivity contribution in [3.8, 4) is 0 Å². The van der Waals surface area contributed by atoms with Crippen molar-refractivity contribution in [1.82, 2.24) is 0 Å². The predicted octanol–water partition coefficient (Wildman–Crippen LogP) is 4.95. The third-order valence-electron chi connectivity index (χ3n) is 2.85. The molecule has 0 saturated carbocycles. The highest BCUT2D eigenvalue weighted by atomic mass is 35.5. The molecule has 4 heteroatoms. The van der Waals surface area contributed by atoms with Gasteiger partial charge < -0.3 is 5.11 Å². The van der Waals surface area contributed by atoms with Crippen LogP contribution in [0.4, 0.5) is 0 Å². The predicted molar refractivity (Wildman–Crippen MR) is 83.9 cm³/mol. The Morgan fingerprint density at radius 2 is 1.80 bits per heavy atom. The number of aromatic carboxylic acids is 1. The molecule has 0 aliphatic carbocycles. The van der Waals surface area contributed by atoms with Crippen molar-refractivity contribution in [2.75, 3.05) is 0 Å². The van der Waals surface area contributed by atoms with E-state index in [1.54, 1.807) is 12.1 Å². The molecule has 2 aromatic rings. The lowest BCUT2D eigenvalue weighted by Crippen LogP contribution is -1.99. The zero-order valence-electron chi connectivity index (χ0n) is 11.3. The van der Waals surface area contributed by atoms with Crippen LogP contribution in [0.25, 0.3) is 0 Å². The molecule has 2 nitrogen and oxygen atoms in total. The lowest BCUT2D eigenvalue weighted by molar-refractivity contribution is 0.0693. The number of carbonyl (C=O) groups is 1. The number of hydrogen-bond acceptors (Lipinski definition) is 2. The molecule has 0 amide bonds. The molecule has 0 atom stereocenters. The van der Waals surface area contributed by atoms with Gasteiger partial charge >= 0.3 is 5.97 Å². The van der Waals surface area contributed by atoms with Gasteiger partial charge in [0.15, 0.2) is 0 Å². The van der Waals surface area contributed by atoms with Crippen molar-refractivity contribution >= 4 is 29.3 Å². The van der Waals surface area contributed by atoms with E-state index in [9.17, 15) is 9.90 Å². The van der Waals surface area contributed by atoms with Crippen molar-refractivity contribution in [2.24, 2.45) is 0 Å². The van der Waals surface area contributed by atoms with Crippen molar-refractivity contribution in [3.63, 3.8) is 0 Å². The normalized spacial score (nSPS) is 10.6. The highest BCUT2D eigenvalue weighted by Gasteiger charge is 2.11. The number of hydrogen-bond donors (Lipinski definition) is 1. The summed E-state index contributed by atoms with van der Waals surface area (Å²) < 4.78 is 0. The smallest absolute Gasteiger partial charge is 0.336 e. The second-order valence-electron chi connectivity index (χ2n) is 4.73. The van der Waals surface area contributed by atoms with Gasteiger partial charge in [-0.05, 0) is 37.6 Å². The van der Waals surface area contributed by atoms with Crippen molar-refractivity contribution in [1.29, 1.82) is 0 Å².